The first-order valence-electron chi connectivity index (χ1n) is 11.2. The Labute approximate surface area is 205 Å². The Kier molecular flexibility index (Phi) is 9.07. The molecule has 3 rings (SSSR count). The molecule has 0 spiro atoms. The Hall–Kier alpha value is -2.90. The predicted octanol–water partition coefficient (Wildman–Crippen LogP) is 3.60. The van der Waals surface area contributed by atoms with Crippen LogP contribution in [0.3, 0.4) is 0 Å². The van der Waals surface area contributed by atoms with E-state index < -0.39 is 12.0 Å². The van der Waals surface area contributed by atoms with E-state index in [0.29, 0.717) is 29.1 Å². The van der Waals surface area contributed by atoms with E-state index in [1.54, 1.807) is 18.2 Å². The zero-order chi connectivity index (χ0) is 24.7. The van der Waals surface area contributed by atoms with Gasteiger partial charge in [0.1, 0.15) is 5.75 Å². The maximum atomic E-state index is 12.1. The number of carbonyl (C=O) groups excluding carboxylic acids is 1. The zero-order valence-electron chi connectivity index (χ0n) is 19.1. The minimum absolute atomic E-state index is 0.00867. The monoisotopic (exact) mass is 482 g/mol. The van der Waals surface area contributed by atoms with Crippen molar-refractivity contribution >= 4 is 17.5 Å². The second-order valence-corrected chi connectivity index (χ2v) is 9.04. The molecule has 3 aromatic carbocycles. The minimum Gasteiger partial charge on any atom is -0.508 e. The highest BCUT2D eigenvalue weighted by Gasteiger charge is 2.19. The summed E-state index contributed by atoms with van der Waals surface area (Å²) in [5.74, 6) is -0.808. The van der Waals surface area contributed by atoms with Gasteiger partial charge in [-0.2, -0.15) is 0 Å². The fraction of sp³-hybridized carbons (Fsp3) is 0.296. The van der Waals surface area contributed by atoms with Crippen LogP contribution in [-0.4, -0.2) is 33.8 Å². The Morgan fingerprint density at radius 1 is 1.00 bits per heavy atom. The number of aliphatic hydroxyl groups is 2. The number of hydrogen-bond acceptors (Lipinski definition) is 5. The molecule has 0 aliphatic heterocycles. The van der Waals surface area contributed by atoms with Crippen LogP contribution in [0.4, 0.5) is 0 Å². The maximum absolute atomic E-state index is 12.1. The van der Waals surface area contributed by atoms with Crippen LogP contribution in [0.1, 0.15) is 46.8 Å². The first-order valence-corrected chi connectivity index (χ1v) is 11.6. The van der Waals surface area contributed by atoms with E-state index in [1.807, 2.05) is 49.4 Å². The summed E-state index contributed by atoms with van der Waals surface area (Å²) in [6.07, 6.45) is 0.457. The van der Waals surface area contributed by atoms with Crippen LogP contribution in [0.5, 0.6) is 5.75 Å². The average Bonchev–Trinajstić information content (AvgIpc) is 2.82. The molecule has 1 amide bonds. The van der Waals surface area contributed by atoms with Crippen molar-refractivity contribution < 1.29 is 20.1 Å². The van der Waals surface area contributed by atoms with Gasteiger partial charge in [0.05, 0.1) is 18.6 Å². The topological polar surface area (TPSA) is 116 Å². The molecule has 6 nitrogen and oxygen atoms in total. The summed E-state index contributed by atoms with van der Waals surface area (Å²) in [6, 6.07) is 20.1. The normalized spacial score (nSPS) is 13.9. The van der Waals surface area contributed by atoms with Gasteiger partial charge in [-0.05, 0) is 66.3 Å². The van der Waals surface area contributed by atoms with Gasteiger partial charge in [-0.3, -0.25) is 4.79 Å². The van der Waals surface area contributed by atoms with Crippen molar-refractivity contribution in [3.05, 3.63) is 99.6 Å². The van der Waals surface area contributed by atoms with Crippen LogP contribution in [0.15, 0.2) is 66.7 Å². The molecule has 0 saturated heterocycles. The zero-order valence-corrected chi connectivity index (χ0v) is 19.9. The molecule has 0 bridgehead atoms. The van der Waals surface area contributed by atoms with Gasteiger partial charge in [0.2, 0.25) is 5.91 Å². The summed E-state index contributed by atoms with van der Waals surface area (Å²) < 4.78 is 0. The summed E-state index contributed by atoms with van der Waals surface area (Å²) >= 11 is 6.07. The highest BCUT2D eigenvalue weighted by Crippen LogP contribution is 2.24. The van der Waals surface area contributed by atoms with E-state index in [9.17, 15) is 20.1 Å². The Morgan fingerprint density at radius 3 is 2.35 bits per heavy atom. The first kappa shape index (κ1) is 25.7. The first-order chi connectivity index (χ1) is 16.3. The lowest BCUT2D eigenvalue weighted by Gasteiger charge is -2.19. The van der Waals surface area contributed by atoms with Gasteiger partial charge in [0, 0.05) is 23.2 Å². The lowest BCUT2D eigenvalue weighted by atomic mass is 9.90. The van der Waals surface area contributed by atoms with Crippen LogP contribution in [-0.2, 0) is 24.2 Å². The molecule has 0 aliphatic carbocycles. The van der Waals surface area contributed by atoms with Crippen LogP contribution in [0.25, 0.3) is 0 Å². The highest BCUT2D eigenvalue weighted by molar-refractivity contribution is 6.30. The van der Waals surface area contributed by atoms with E-state index in [4.69, 9.17) is 17.3 Å². The lowest BCUT2D eigenvalue weighted by Crippen LogP contribution is -2.32. The van der Waals surface area contributed by atoms with Crippen molar-refractivity contribution in [3.8, 4) is 5.75 Å². The number of nitrogens with two attached hydrogens (primary N) is 1. The second kappa shape index (κ2) is 12.0. The van der Waals surface area contributed by atoms with Gasteiger partial charge in [-0.25, -0.2) is 0 Å². The van der Waals surface area contributed by atoms with E-state index >= 15 is 0 Å². The van der Waals surface area contributed by atoms with Gasteiger partial charge >= 0.3 is 0 Å². The molecule has 7 heteroatoms. The fourth-order valence-electron chi connectivity index (χ4n) is 3.96. The third-order valence-electron chi connectivity index (χ3n) is 5.91. The van der Waals surface area contributed by atoms with Gasteiger partial charge in [0.25, 0.3) is 0 Å². The third kappa shape index (κ3) is 7.05. The fourth-order valence-corrected chi connectivity index (χ4v) is 4.18. The smallest absolute Gasteiger partial charge is 0.225 e. The Morgan fingerprint density at radius 2 is 1.71 bits per heavy atom. The number of aliphatic hydroxyl groups excluding tert-OH is 2. The Balaban J connectivity index is 1.57. The molecule has 3 atom stereocenters. The molecule has 34 heavy (non-hydrogen) atoms. The summed E-state index contributed by atoms with van der Waals surface area (Å²) in [6.45, 7) is 2.07. The number of amides is 1. The van der Waals surface area contributed by atoms with Crippen LogP contribution < -0.4 is 11.1 Å². The second-order valence-electron chi connectivity index (χ2n) is 8.61. The molecule has 3 aromatic rings. The standard InChI is InChI=1S/C27H31ClN2O4/c1-17(30-15-26(33)21-9-10-25(32)22(14-21)16-31)11-18-5-7-20(8-6-18)24(27(29)34)13-19-3-2-4-23(28)12-19/h2-10,12,14,17,24,26,30-33H,11,13,15-16H2,1H3,(H2,29,34)/t17-,24?,26+/m1/s1. The summed E-state index contributed by atoms with van der Waals surface area (Å²) in [5, 5.41) is 33.4. The number of aromatic hydroxyl groups is 1. The number of hydrogen-bond donors (Lipinski definition) is 5. The summed E-state index contributed by atoms with van der Waals surface area (Å²) in [4.78, 5) is 12.1. The average molecular weight is 483 g/mol. The molecule has 0 saturated carbocycles. The van der Waals surface area contributed by atoms with Crippen molar-refractivity contribution in [2.45, 2.75) is 44.4 Å². The van der Waals surface area contributed by atoms with Gasteiger partial charge in [-0.1, -0.05) is 54.1 Å². The van der Waals surface area contributed by atoms with Gasteiger partial charge in [-0.15, -0.1) is 0 Å². The van der Waals surface area contributed by atoms with Crippen molar-refractivity contribution in [2.75, 3.05) is 6.54 Å². The van der Waals surface area contributed by atoms with Crippen LogP contribution in [0.2, 0.25) is 5.02 Å². The largest absolute Gasteiger partial charge is 0.508 e. The molecule has 0 aromatic heterocycles. The highest BCUT2D eigenvalue weighted by atomic mass is 35.5. The van der Waals surface area contributed by atoms with E-state index in [1.165, 1.54) is 6.07 Å². The molecule has 1 unspecified atom stereocenters. The maximum Gasteiger partial charge on any atom is 0.225 e. The van der Waals surface area contributed by atoms with Crippen molar-refractivity contribution in [2.24, 2.45) is 5.73 Å². The quantitative estimate of drug-likeness (QED) is 0.286. The van der Waals surface area contributed by atoms with Crippen molar-refractivity contribution in [1.82, 2.24) is 5.32 Å². The SMILES string of the molecule is C[C@H](Cc1ccc(C(Cc2cccc(Cl)c2)C(N)=O)cc1)NC[C@H](O)c1ccc(O)c(CO)c1. The predicted molar refractivity (Wildman–Crippen MR) is 134 cm³/mol. The number of phenols is 1. The Bertz CT molecular complexity index is 1100. The molecule has 180 valence electrons. The number of nitrogens with one attached hydrogen (secondary N) is 1. The third-order valence-corrected chi connectivity index (χ3v) is 6.15. The summed E-state index contributed by atoms with van der Waals surface area (Å²) in [5.41, 5.74) is 9.60. The van der Waals surface area contributed by atoms with E-state index in [2.05, 4.69) is 5.32 Å². The van der Waals surface area contributed by atoms with Crippen LogP contribution >= 0.6 is 11.6 Å². The number of rotatable bonds is 11. The molecule has 0 radical (unpaired) electrons. The van der Waals surface area contributed by atoms with Crippen LogP contribution in [0, 0.1) is 0 Å². The number of carbonyl (C=O) groups is 1. The van der Waals surface area contributed by atoms with Gasteiger partial charge in [0.15, 0.2) is 0 Å². The van der Waals surface area contributed by atoms with E-state index in [-0.39, 0.29) is 24.3 Å². The van der Waals surface area contributed by atoms with E-state index in [0.717, 1.165) is 23.1 Å². The molecule has 0 aliphatic rings. The van der Waals surface area contributed by atoms with Crippen molar-refractivity contribution in [1.29, 1.82) is 0 Å². The molecular formula is C27H31ClN2O4. The molecular weight excluding hydrogens is 452 g/mol. The molecule has 6 N–H and O–H groups in total. The number of primary amides is 1. The minimum atomic E-state index is -0.765. The van der Waals surface area contributed by atoms with Gasteiger partial charge < -0.3 is 26.4 Å². The number of halogens is 1. The summed E-state index contributed by atoms with van der Waals surface area (Å²) in [7, 11) is 0. The number of benzene rings is 3. The lowest BCUT2D eigenvalue weighted by molar-refractivity contribution is -0.119. The molecule has 0 heterocycles. The van der Waals surface area contributed by atoms with Crippen molar-refractivity contribution in [3.63, 3.8) is 0 Å². The molecule has 0 fully saturated rings.